The molecule has 2 unspecified atom stereocenters. The molecule has 4 rings (SSSR count). The second-order valence-corrected chi connectivity index (χ2v) is 7.09. The number of hydrogen-bond donors (Lipinski definition) is 0. The van der Waals surface area contributed by atoms with Crippen LogP contribution < -0.4 is 9.64 Å². The van der Waals surface area contributed by atoms with Gasteiger partial charge in [-0.3, -0.25) is 4.90 Å². The Morgan fingerprint density at radius 1 is 0.958 bits per heavy atom. The molecule has 1 aliphatic heterocycles. The lowest BCUT2D eigenvalue weighted by atomic mass is 10.1. The highest BCUT2D eigenvalue weighted by Gasteiger charge is 2.43. The average molecular weight is 343 g/mol. The van der Waals surface area contributed by atoms with Crippen LogP contribution in [0.5, 0.6) is 5.75 Å². The summed E-state index contributed by atoms with van der Waals surface area (Å²) in [4.78, 5) is 5.08. The average Bonchev–Trinajstić information content (AvgIpc) is 3.43. The van der Waals surface area contributed by atoms with Crippen molar-refractivity contribution in [1.82, 2.24) is 4.90 Å². The summed E-state index contributed by atoms with van der Waals surface area (Å²) in [5.74, 6) is 1.65. The Labute approximate surface area is 148 Å². The predicted molar refractivity (Wildman–Crippen MR) is 99.4 cm³/mol. The zero-order valence-corrected chi connectivity index (χ0v) is 14.7. The molecule has 0 N–H and O–H groups in total. The molecule has 0 bridgehead atoms. The maximum Gasteiger partial charge on any atom is 0.142 e. The summed E-state index contributed by atoms with van der Waals surface area (Å²) in [6.45, 7) is 4.36. The van der Waals surface area contributed by atoms with Crippen LogP contribution in [0.4, 0.5) is 5.69 Å². The van der Waals surface area contributed by atoms with Crippen molar-refractivity contribution in [3.8, 4) is 5.75 Å². The predicted octanol–water partition coefficient (Wildman–Crippen LogP) is 4.03. The molecule has 0 spiro atoms. The van der Waals surface area contributed by atoms with Crippen molar-refractivity contribution in [3.05, 3.63) is 59.1 Å². The van der Waals surface area contributed by atoms with Gasteiger partial charge >= 0.3 is 0 Å². The van der Waals surface area contributed by atoms with Gasteiger partial charge in [0, 0.05) is 43.2 Å². The highest BCUT2D eigenvalue weighted by Crippen LogP contribution is 2.45. The molecular formula is C20H23ClN2O. The van der Waals surface area contributed by atoms with Gasteiger partial charge in [0.05, 0.1) is 12.8 Å². The lowest BCUT2D eigenvalue weighted by Crippen LogP contribution is -2.47. The standard InChI is InChI=1S/C20H23ClN2O/c1-24-20-5-3-2-4-18(20)22-10-12-23(13-11-22)19-14-17(19)15-6-8-16(21)9-7-15/h2-9,17,19H,10-14H2,1H3. The van der Waals surface area contributed by atoms with Crippen LogP contribution in [0.3, 0.4) is 0 Å². The maximum absolute atomic E-state index is 5.99. The van der Waals surface area contributed by atoms with Crippen LogP contribution >= 0.6 is 11.6 Å². The van der Waals surface area contributed by atoms with Crippen molar-refractivity contribution in [1.29, 1.82) is 0 Å². The molecule has 24 heavy (non-hydrogen) atoms. The Bertz CT molecular complexity index is 695. The van der Waals surface area contributed by atoms with Crippen LogP contribution in [-0.4, -0.2) is 44.2 Å². The van der Waals surface area contributed by atoms with Crippen LogP contribution in [0, 0.1) is 0 Å². The van der Waals surface area contributed by atoms with Crippen LogP contribution in [0.25, 0.3) is 0 Å². The van der Waals surface area contributed by atoms with E-state index < -0.39 is 0 Å². The highest BCUT2D eigenvalue weighted by atomic mass is 35.5. The van der Waals surface area contributed by atoms with Gasteiger partial charge in [0.25, 0.3) is 0 Å². The number of ether oxygens (including phenoxy) is 1. The van der Waals surface area contributed by atoms with Crippen molar-refractivity contribution < 1.29 is 4.74 Å². The van der Waals surface area contributed by atoms with Crippen LogP contribution in [0.1, 0.15) is 17.9 Å². The van der Waals surface area contributed by atoms with Gasteiger partial charge in [-0.1, -0.05) is 35.9 Å². The fourth-order valence-electron chi connectivity index (χ4n) is 3.84. The third-order valence-corrected chi connectivity index (χ3v) is 5.52. The Kier molecular flexibility index (Phi) is 4.38. The summed E-state index contributed by atoms with van der Waals surface area (Å²) in [6, 6.07) is 17.4. The van der Waals surface area contributed by atoms with E-state index in [1.165, 1.54) is 17.7 Å². The number of benzene rings is 2. The Morgan fingerprint density at radius 3 is 2.38 bits per heavy atom. The van der Waals surface area contributed by atoms with Crippen molar-refractivity contribution in [2.45, 2.75) is 18.4 Å². The molecule has 0 radical (unpaired) electrons. The van der Waals surface area contributed by atoms with Crippen LogP contribution in [0.15, 0.2) is 48.5 Å². The fraction of sp³-hybridized carbons (Fsp3) is 0.400. The Balaban J connectivity index is 1.36. The van der Waals surface area contributed by atoms with Crippen molar-refractivity contribution in [2.75, 3.05) is 38.2 Å². The van der Waals surface area contributed by atoms with Crippen molar-refractivity contribution in [2.24, 2.45) is 0 Å². The molecule has 1 heterocycles. The van der Waals surface area contributed by atoms with Gasteiger partial charge in [0.15, 0.2) is 0 Å². The van der Waals surface area contributed by atoms with Gasteiger partial charge in [0.2, 0.25) is 0 Å². The molecule has 3 nitrogen and oxygen atoms in total. The van der Waals surface area contributed by atoms with E-state index in [-0.39, 0.29) is 0 Å². The number of halogens is 1. The van der Waals surface area contributed by atoms with Crippen molar-refractivity contribution >= 4 is 17.3 Å². The number of hydrogen-bond acceptors (Lipinski definition) is 3. The van der Waals surface area contributed by atoms with Crippen LogP contribution in [-0.2, 0) is 0 Å². The molecule has 4 heteroatoms. The number of piperazine rings is 1. The van der Waals surface area contributed by atoms with Gasteiger partial charge in [-0.15, -0.1) is 0 Å². The number of para-hydroxylation sites is 2. The van der Waals surface area contributed by atoms with Gasteiger partial charge < -0.3 is 9.64 Å². The fourth-order valence-corrected chi connectivity index (χ4v) is 3.96. The number of methoxy groups -OCH3 is 1. The van der Waals surface area contributed by atoms with E-state index in [0.717, 1.165) is 37.0 Å². The third kappa shape index (κ3) is 3.11. The molecule has 0 aromatic heterocycles. The van der Waals surface area contributed by atoms with Gasteiger partial charge in [-0.05, 0) is 36.2 Å². The first-order valence-electron chi connectivity index (χ1n) is 8.64. The maximum atomic E-state index is 5.99. The Hall–Kier alpha value is -1.71. The van der Waals surface area contributed by atoms with E-state index in [0.29, 0.717) is 12.0 Å². The summed E-state index contributed by atoms with van der Waals surface area (Å²) < 4.78 is 5.50. The summed E-state index contributed by atoms with van der Waals surface area (Å²) in [5.41, 5.74) is 2.64. The summed E-state index contributed by atoms with van der Waals surface area (Å²) in [7, 11) is 1.75. The molecule has 1 saturated carbocycles. The summed E-state index contributed by atoms with van der Waals surface area (Å²) in [5, 5.41) is 0.821. The summed E-state index contributed by atoms with van der Waals surface area (Å²) >= 11 is 5.99. The van der Waals surface area contributed by atoms with E-state index >= 15 is 0 Å². The normalized spacial score (nSPS) is 24.0. The van der Waals surface area contributed by atoms with E-state index in [4.69, 9.17) is 16.3 Å². The lowest BCUT2D eigenvalue weighted by Gasteiger charge is -2.37. The molecule has 126 valence electrons. The zero-order chi connectivity index (χ0) is 16.5. The van der Waals surface area contributed by atoms with Crippen LogP contribution in [0.2, 0.25) is 5.02 Å². The largest absolute Gasteiger partial charge is 0.495 e. The second kappa shape index (κ2) is 6.66. The molecule has 1 saturated heterocycles. The number of nitrogens with zero attached hydrogens (tertiary/aromatic N) is 2. The molecular weight excluding hydrogens is 320 g/mol. The second-order valence-electron chi connectivity index (χ2n) is 6.66. The zero-order valence-electron chi connectivity index (χ0n) is 14.0. The molecule has 2 fully saturated rings. The quantitative estimate of drug-likeness (QED) is 0.834. The Morgan fingerprint density at radius 2 is 1.67 bits per heavy atom. The molecule has 2 aromatic rings. The molecule has 2 aliphatic rings. The number of anilines is 1. The van der Waals surface area contributed by atoms with Gasteiger partial charge in [-0.2, -0.15) is 0 Å². The van der Waals surface area contributed by atoms with Gasteiger partial charge in [0.1, 0.15) is 5.75 Å². The number of rotatable bonds is 4. The van der Waals surface area contributed by atoms with Crippen molar-refractivity contribution in [3.63, 3.8) is 0 Å². The van der Waals surface area contributed by atoms with E-state index in [1.54, 1.807) is 7.11 Å². The van der Waals surface area contributed by atoms with Gasteiger partial charge in [-0.25, -0.2) is 0 Å². The lowest BCUT2D eigenvalue weighted by molar-refractivity contribution is 0.243. The van der Waals surface area contributed by atoms with E-state index in [2.05, 4.69) is 34.1 Å². The first-order chi connectivity index (χ1) is 11.8. The third-order valence-electron chi connectivity index (χ3n) is 5.26. The first kappa shape index (κ1) is 15.8. The topological polar surface area (TPSA) is 15.7 Å². The monoisotopic (exact) mass is 342 g/mol. The molecule has 2 atom stereocenters. The highest BCUT2D eigenvalue weighted by molar-refractivity contribution is 6.30. The molecule has 1 aliphatic carbocycles. The van der Waals surface area contributed by atoms with E-state index in [9.17, 15) is 0 Å². The molecule has 2 aromatic carbocycles. The SMILES string of the molecule is COc1ccccc1N1CCN(C2CC2c2ccc(Cl)cc2)CC1. The summed E-state index contributed by atoms with van der Waals surface area (Å²) in [6.07, 6.45) is 1.27. The minimum Gasteiger partial charge on any atom is -0.495 e. The van der Waals surface area contributed by atoms with E-state index in [1.807, 2.05) is 24.3 Å². The first-order valence-corrected chi connectivity index (χ1v) is 9.01. The molecule has 0 amide bonds. The minimum atomic E-state index is 0.681. The smallest absolute Gasteiger partial charge is 0.142 e. The minimum absolute atomic E-state index is 0.681.